The molecule has 3 aromatic carbocycles. The first-order valence-electron chi connectivity index (χ1n) is 11.7. The van der Waals surface area contributed by atoms with E-state index in [-0.39, 0.29) is 22.5 Å². The first kappa shape index (κ1) is 25.4. The Morgan fingerprint density at radius 3 is 2.42 bits per heavy atom. The van der Waals surface area contributed by atoms with Crippen molar-refractivity contribution in [3.05, 3.63) is 89.0 Å². The predicted octanol–water partition coefficient (Wildman–Crippen LogP) is 4.27. The Morgan fingerprint density at radius 1 is 0.944 bits per heavy atom. The highest BCUT2D eigenvalue weighted by atomic mass is 32.2. The van der Waals surface area contributed by atoms with Crippen molar-refractivity contribution in [2.45, 2.75) is 37.7 Å². The van der Waals surface area contributed by atoms with Crippen molar-refractivity contribution in [3.63, 3.8) is 0 Å². The Kier molecular flexibility index (Phi) is 7.71. The number of sulfonamides is 1. The molecule has 1 aliphatic heterocycles. The Hall–Kier alpha value is -3.69. The highest BCUT2D eigenvalue weighted by molar-refractivity contribution is 7.92. The van der Waals surface area contributed by atoms with Gasteiger partial charge in [-0.05, 0) is 68.7 Å². The quantitative estimate of drug-likeness (QED) is 0.422. The molecule has 3 N–H and O–H groups in total. The van der Waals surface area contributed by atoms with Gasteiger partial charge in [-0.3, -0.25) is 14.3 Å². The average molecular weight is 508 g/mol. The summed E-state index contributed by atoms with van der Waals surface area (Å²) in [5.74, 6) is -0.776. The molecule has 1 aliphatic rings. The highest BCUT2D eigenvalue weighted by Gasteiger charge is 2.20. The van der Waals surface area contributed by atoms with Crippen LogP contribution in [0.1, 0.15) is 44.7 Å². The van der Waals surface area contributed by atoms with Gasteiger partial charge >= 0.3 is 0 Å². The van der Waals surface area contributed by atoms with Gasteiger partial charge < -0.3 is 15.4 Å². The van der Waals surface area contributed by atoms with Gasteiger partial charge in [-0.1, -0.05) is 35.9 Å². The lowest BCUT2D eigenvalue weighted by molar-refractivity contribution is 0.0858. The molecule has 1 heterocycles. The van der Waals surface area contributed by atoms with E-state index in [1.807, 2.05) is 6.92 Å². The Bertz CT molecular complexity index is 1360. The summed E-state index contributed by atoms with van der Waals surface area (Å²) in [6.07, 6.45) is 1.89. The molecule has 0 saturated carbocycles. The second-order valence-corrected chi connectivity index (χ2v) is 10.5. The van der Waals surface area contributed by atoms with E-state index >= 15 is 0 Å². The predicted molar refractivity (Wildman–Crippen MR) is 139 cm³/mol. The van der Waals surface area contributed by atoms with Gasteiger partial charge in [-0.25, -0.2) is 8.42 Å². The van der Waals surface area contributed by atoms with E-state index in [1.54, 1.807) is 55.5 Å². The van der Waals surface area contributed by atoms with E-state index in [0.29, 0.717) is 35.7 Å². The third-order valence-electron chi connectivity index (χ3n) is 6.01. The molecule has 1 fully saturated rings. The zero-order valence-electron chi connectivity index (χ0n) is 20.2. The zero-order chi connectivity index (χ0) is 25.7. The third kappa shape index (κ3) is 6.10. The Balaban J connectivity index is 1.49. The van der Waals surface area contributed by atoms with Crippen molar-refractivity contribution in [2.75, 3.05) is 23.2 Å². The largest absolute Gasteiger partial charge is 0.376 e. The number of benzene rings is 3. The molecule has 0 aromatic heterocycles. The van der Waals surface area contributed by atoms with Gasteiger partial charge in [0.05, 0.1) is 27.9 Å². The maximum absolute atomic E-state index is 13.1. The molecular weight excluding hydrogens is 478 g/mol. The highest BCUT2D eigenvalue weighted by Crippen LogP contribution is 2.23. The van der Waals surface area contributed by atoms with E-state index in [2.05, 4.69) is 15.4 Å². The van der Waals surface area contributed by atoms with Crippen LogP contribution in [0, 0.1) is 13.8 Å². The molecule has 0 bridgehead atoms. The number of rotatable bonds is 8. The summed E-state index contributed by atoms with van der Waals surface area (Å²) >= 11 is 0. The molecule has 36 heavy (non-hydrogen) atoms. The average Bonchev–Trinajstić information content (AvgIpc) is 3.38. The molecule has 188 valence electrons. The van der Waals surface area contributed by atoms with Crippen LogP contribution in [0.5, 0.6) is 0 Å². The van der Waals surface area contributed by atoms with Crippen molar-refractivity contribution in [1.82, 2.24) is 5.32 Å². The number of anilines is 2. The van der Waals surface area contributed by atoms with Gasteiger partial charge in [0.25, 0.3) is 21.8 Å². The van der Waals surface area contributed by atoms with E-state index < -0.39 is 15.9 Å². The Morgan fingerprint density at radius 2 is 1.69 bits per heavy atom. The zero-order valence-corrected chi connectivity index (χ0v) is 21.0. The fraction of sp³-hybridized carbons (Fsp3) is 0.259. The molecule has 0 unspecified atom stereocenters. The molecule has 3 aromatic rings. The van der Waals surface area contributed by atoms with Crippen LogP contribution in [0.4, 0.5) is 11.4 Å². The van der Waals surface area contributed by atoms with Gasteiger partial charge in [0.1, 0.15) is 0 Å². The molecule has 4 rings (SSSR count). The lowest BCUT2D eigenvalue weighted by atomic mass is 10.1. The van der Waals surface area contributed by atoms with E-state index in [0.717, 1.165) is 18.4 Å². The van der Waals surface area contributed by atoms with Crippen molar-refractivity contribution in [3.8, 4) is 0 Å². The molecular formula is C27H29N3O5S. The number of amides is 2. The monoisotopic (exact) mass is 507 g/mol. The number of hydrogen-bond donors (Lipinski definition) is 3. The number of hydrogen-bond acceptors (Lipinski definition) is 5. The lowest BCUT2D eigenvalue weighted by Crippen LogP contribution is -2.32. The fourth-order valence-corrected chi connectivity index (χ4v) is 5.01. The number of nitrogens with one attached hydrogen (secondary N) is 3. The number of carbonyl (C=O) groups excluding carboxylic acids is 2. The minimum Gasteiger partial charge on any atom is -0.376 e. The van der Waals surface area contributed by atoms with Crippen molar-refractivity contribution >= 4 is 33.2 Å². The summed E-state index contributed by atoms with van der Waals surface area (Å²) < 4.78 is 33.8. The topological polar surface area (TPSA) is 114 Å². The van der Waals surface area contributed by atoms with Crippen LogP contribution in [0.25, 0.3) is 0 Å². The third-order valence-corrected chi connectivity index (χ3v) is 7.39. The summed E-state index contributed by atoms with van der Waals surface area (Å²) in [4.78, 5) is 25.9. The first-order valence-corrected chi connectivity index (χ1v) is 13.2. The summed E-state index contributed by atoms with van der Waals surface area (Å²) in [5, 5.41) is 5.64. The van der Waals surface area contributed by atoms with Gasteiger partial charge in [0.2, 0.25) is 0 Å². The molecule has 1 saturated heterocycles. The van der Waals surface area contributed by atoms with Crippen molar-refractivity contribution in [2.24, 2.45) is 0 Å². The molecule has 8 nitrogen and oxygen atoms in total. The standard InChI is InChI=1S/C27H29N3O5S/c1-18-9-13-22(14-10-18)36(33,34)30-25-16-20(12-11-19(25)2)26(31)29-24-8-4-3-7-23(24)27(32)28-17-21-6-5-15-35-21/h3-4,7-14,16,21,30H,5-6,15,17H2,1-2H3,(H,28,32)(H,29,31)/t21-/m0/s1. The maximum atomic E-state index is 13.1. The van der Waals surface area contributed by atoms with Crippen LogP contribution in [0.2, 0.25) is 0 Å². The molecule has 2 amide bonds. The van der Waals surface area contributed by atoms with E-state index in [1.165, 1.54) is 18.2 Å². The number of aryl methyl sites for hydroxylation is 2. The number of ether oxygens (including phenoxy) is 1. The summed E-state index contributed by atoms with van der Waals surface area (Å²) in [5.41, 5.74) is 2.84. The van der Waals surface area contributed by atoms with Crippen LogP contribution in [0.15, 0.2) is 71.6 Å². The van der Waals surface area contributed by atoms with Crippen LogP contribution in [-0.4, -0.2) is 39.5 Å². The second kappa shape index (κ2) is 10.9. The molecule has 0 radical (unpaired) electrons. The minimum absolute atomic E-state index is 0.00497. The van der Waals surface area contributed by atoms with Gasteiger partial charge in [0, 0.05) is 18.7 Å². The SMILES string of the molecule is Cc1ccc(S(=O)(=O)Nc2cc(C(=O)Nc3ccccc3C(=O)NC[C@@H]3CCCO3)ccc2C)cc1. The van der Waals surface area contributed by atoms with E-state index in [9.17, 15) is 18.0 Å². The van der Waals surface area contributed by atoms with Crippen LogP contribution in [0.3, 0.4) is 0 Å². The maximum Gasteiger partial charge on any atom is 0.261 e. The number of para-hydroxylation sites is 1. The Labute approximate surface area is 211 Å². The van der Waals surface area contributed by atoms with Gasteiger partial charge in [-0.15, -0.1) is 0 Å². The fourth-order valence-electron chi connectivity index (χ4n) is 3.89. The molecule has 0 aliphatic carbocycles. The van der Waals surface area contributed by atoms with Crippen LogP contribution >= 0.6 is 0 Å². The second-order valence-electron chi connectivity index (χ2n) is 8.79. The molecule has 9 heteroatoms. The van der Waals surface area contributed by atoms with Crippen molar-refractivity contribution < 1.29 is 22.7 Å². The lowest BCUT2D eigenvalue weighted by Gasteiger charge is -2.15. The van der Waals surface area contributed by atoms with Gasteiger partial charge in [0.15, 0.2) is 0 Å². The van der Waals surface area contributed by atoms with Gasteiger partial charge in [-0.2, -0.15) is 0 Å². The molecule has 0 spiro atoms. The van der Waals surface area contributed by atoms with Crippen LogP contribution < -0.4 is 15.4 Å². The first-order chi connectivity index (χ1) is 17.2. The van der Waals surface area contributed by atoms with E-state index in [4.69, 9.17) is 4.74 Å². The molecule has 1 atom stereocenters. The minimum atomic E-state index is -3.83. The smallest absolute Gasteiger partial charge is 0.261 e. The normalized spacial score (nSPS) is 15.3. The summed E-state index contributed by atoms with van der Waals surface area (Å²) in [6, 6.07) is 18.0. The summed E-state index contributed by atoms with van der Waals surface area (Å²) in [6.45, 7) is 4.74. The number of carbonyl (C=O) groups is 2. The summed E-state index contributed by atoms with van der Waals surface area (Å²) in [7, 11) is -3.83. The van der Waals surface area contributed by atoms with Crippen molar-refractivity contribution in [1.29, 1.82) is 0 Å². The van der Waals surface area contributed by atoms with Crippen LogP contribution in [-0.2, 0) is 14.8 Å².